The van der Waals surface area contributed by atoms with Crippen LogP contribution in [-0.2, 0) is 0 Å². The highest BCUT2D eigenvalue weighted by Gasteiger charge is 2.28. The first-order valence-electron chi connectivity index (χ1n) is 4.66. The summed E-state index contributed by atoms with van der Waals surface area (Å²) in [5.74, 6) is 0. The zero-order valence-electron chi connectivity index (χ0n) is 8.51. The smallest absolute Gasteiger partial charge is 0.0267 e. The molecule has 0 aromatic rings. The molecule has 1 rings (SSSR count). The van der Waals surface area contributed by atoms with Gasteiger partial charge in [0.05, 0.1) is 0 Å². The predicted octanol–water partition coefficient (Wildman–Crippen LogP) is -0.0289. The Labute approximate surface area is 75.5 Å². The van der Waals surface area contributed by atoms with Crippen LogP contribution in [0.3, 0.4) is 0 Å². The third-order valence-electron chi connectivity index (χ3n) is 2.45. The monoisotopic (exact) mass is 171 g/mol. The highest BCUT2D eigenvalue weighted by Crippen LogP contribution is 2.16. The van der Waals surface area contributed by atoms with Gasteiger partial charge < -0.3 is 15.5 Å². The SMILES string of the molecule is CN(C)CCN1CCC(C)(N)C1. The van der Waals surface area contributed by atoms with E-state index in [0.29, 0.717) is 0 Å². The maximum atomic E-state index is 6.02. The number of hydrogen-bond acceptors (Lipinski definition) is 3. The lowest BCUT2D eigenvalue weighted by Gasteiger charge is -2.21. The van der Waals surface area contributed by atoms with Crippen molar-refractivity contribution in [3.8, 4) is 0 Å². The zero-order chi connectivity index (χ0) is 9.19. The van der Waals surface area contributed by atoms with Gasteiger partial charge in [0.25, 0.3) is 0 Å². The Morgan fingerprint density at radius 1 is 1.50 bits per heavy atom. The Hall–Kier alpha value is -0.120. The van der Waals surface area contributed by atoms with Crippen LogP contribution in [0, 0.1) is 0 Å². The lowest BCUT2D eigenvalue weighted by Crippen LogP contribution is -2.40. The summed E-state index contributed by atoms with van der Waals surface area (Å²) >= 11 is 0. The first-order valence-corrected chi connectivity index (χ1v) is 4.66. The van der Waals surface area contributed by atoms with Crippen molar-refractivity contribution in [2.24, 2.45) is 5.73 Å². The topological polar surface area (TPSA) is 32.5 Å². The van der Waals surface area contributed by atoms with Crippen LogP contribution in [0.4, 0.5) is 0 Å². The minimum atomic E-state index is 0.0618. The minimum absolute atomic E-state index is 0.0618. The maximum absolute atomic E-state index is 6.02. The van der Waals surface area contributed by atoms with Gasteiger partial charge in [-0.25, -0.2) is 0 Å². The molecule has 0 aromatic heterocycles. The van der Waals surface area contributed by atoms with E-state index in [1.165, 1.54) is 6.54 Å². The highest BCUT2D eigenvalue weighted by molar-refractivity contribution is 4.90. The molecule has 1 saturated heterocycles. The van der Waals surface area contributed by atoms with E-state index in [0.717, 1.165) is 26.1 Å². The maximum Gasteiger partial charge on any atom is 0.0267 e. The summed E-state index contributed by atoms with van der Waals surface area (Å²) in [6.45, 7) is 6.65. The van der Waals surface area contributed by atoms with Gasteiger partial charge in [-0.15, -0.1) is 0 Å². The molecule has 72 valence electrons. The molecule has 12 heavy (non-hydrogen) atoms. The van der Waals surface area contributed by atoms with E-state index in [2.05, 4.69) is 30.8 Å². The second-order valence-electron chi connectivity index (χ2n) is 4.48. The summed E-state index contributed by atoms with van der Waals surface area (Å²) in [6.07, 6.45) is 1.14. The molecule has 3 heteroatoms. The standard InChI is InChI=1S/C9H21N3/c1-9(10)4-5-12(8-9)7-6-11(2)3/h4-8,10H2,1-3H3. The van der Waals surface area contributed by atoms with Crippen molar-refractivity contribution in [2.45, 2.75) is 18.9 Å². The van der Waals surface area contributed by atoms with Crippen molar-refractivity contribution < 1.29 is 0 Å². The Bertz CT molecular complexity index is 143. The van der Waals surface area contributed by atoms with Gasteiger partial charge in [-0.1, -0.05) is 0 Å². The molecule has 0 aliphatic carbocycles. The predicted molar refractivity (Wildman–Crippen MR) is 52.2 cm³/mol. The van der Waals surface area contributed by atoms with Gasteiger partial charge in [-0.2, -0.15) is 0 Å². The van der Waals surface area contributed by atoms with Crippen LogP contribution in [0.1, 0.15) is 13.3 Å². The number of likely N-dealkylation sites (N-methyl/N-ethyl adjacent to an activating group) is 1. The van der Waals surface area contributed by atoms with Crippen molar-refractivity contribution in [1.82, 2.24) is 9.80 Å². The number of likely N-dealkylation sites (tertiary alicyclic amines) is 1. The summed E-state index contributed by atoms with van der Waals surface area (Å²) in [5, 5.41) is 0. The fourth-order valence-corrected chi connectivity index (χ4v) is 1.61. The Balaban J connectivity index is 2.20. The normalized spacial score (nSPS) is 31.8. The van der Waals surface area contributed by atoms with Crippen molar-refractivity contribution >= 4 is 0 Å². The van der Waals surface area contributed by atoms with E-state index in [-0.39, 0.29) is 5.54 Å². The molecule has 1 atom stereocenters. The molecule has 0 radical (unpaired) electrons. The van der Waals surface area contributed by atoms with Crippen LogP contribution in [0.25, 0.3) is 0 Å². The fourth-order valence-electron chi connectivity index (χ4n) is 1.61. The number of nitrogens with two attached hydrogens (primary N) is 1. The van der Waals surface area contributed by atoms with Crippen LogP contribution < -0.4 is 5.73 Å². The molecular weight excluding hydrogens is 150 g/mol. The van der Waals surface area contributed by atoms with E-state index < -0.39 is 0 Å². The van der Waals surface area contributed by atoms with Crippen LogP contribution >= 0.6 is 0 Å². The Morgan fingerprint density at radius 3 is 2.58 bits per heavy atom. The van der Waals surface area contributed by atoms with Gasteiger partial charge in [0.15, 0.2) is 0 Å². The molecule has 3 nitrogen and oxygen atoms in total. The van der Waals surface area contributed by atoms with Gasteiger partial charge >= 0.3 is 0 Å². The van der Waals surface area contributed by atoms with Crippen molar-refractivity contribution in [3.63, 3.8) is 0 Å². The molecular formula is C9H21N3. The fraction of sp³-hybridized carbons (Fsp3) is 1.00. The molecule has 0 amide bonds. The van der Waals surface area contributed by atoms with E-state index in [9.17, 15) is 0 Å². The van der Waals surface area contributed by atoms with Crippen LogP contribution in [0.2, 0.25) is 0 Å². The molecule has 0 saturated carbocycles. The Morgan fingerprint density at radius 2 is 2.17 bits per heavy atom. The average Bonchev–Trinajstić information content (AvgIpc) is 2.26. The largest absolute Gasteiger partial charge is 0.324 e. The first kappa shape index (κ1) is 9.96. The third-order valence-corrected chi connectivity index (χ3v) is 2.45. The summed E-state index contributed by atoms with van der Waals surface area (Å²) in [5.41, 5.74) is 6.08. The molecule has 1 aliphatic rings. The van der Waals surface area contributed by atoms with Crippen molar-refractivity contribution in [3.05, 3.63) is 0 Å². The molecule has 1 fully saturated rings. The second-order valence-corrected chi connectivity index (χ2v) is 4.48. The number of hydrogen-bond donors (Lipinski definition) is 1. The molecule has 0 spiro atoms. The molecule has 1 aliphatic heterocycles. The average molecular weight is 171 g/mol. The molecule has 1 unspecified atom stereocenters. The van der Waals surface area contributed by atoms with Crippen LogP contribution in [0.15, 0.2) is 0 Å². The molecule has 0 aromatic carbocycles. The molecule has 2 N–H and O–H groups in total. The first-order chi connectivity index (χ1) is 5.49. The summed E-state index contributed by atoms with van der Waals surface area (Å²) in [6, 6.07) is 0. The lowest BCUT2D eigenvalue weighted by molar-refractivity contribution is 0.272. The van der Waals surface area contributed by atoms with Gasteiger partial charge in [0, 0.05) is 31.7 Å². The zero-order valence-corrected chi connectivity index (χ0v) is 8.51. The highest BCUT2D eigenvalue weighted by atomic mass is 15.2. The number of rotatable bonds is 3. The van der Waals surface area contributed by atoms with Crippen LogP contribution in [0.5, 0.6) is 0 Å². The minimum Gasteiger partial charge on any atom is -0.324 e. The van der Waals surface area contributed by atoms with Crippen LogP contribution in [-0.4, -0.2) is 55.6 Å². The molecule has 1 heterocycles. The summed E-state index contributed by atoms with van der Waals surface area (Å²) in [4.78, 5) is 4.66. The van der Waals surface area contributed by atoms with Gasteiger partial charge in [0.2, 0.25) is 0 Å². The van der Waals surface area contributed by atoms with Gasteiger partial charge in [-0.05, 0) is 27.4 Å². The quantitative estimate of drug-likeness (QED) is 0.647. The summed E-state index contributed by atoms with van der Waals surface area (Å²) < 4.78 is 0. The van der Waals surface area contributed by atoms with Gasteiger partial charge in [0.1, 0.15) is 0 Å². The van der Waals surface area contributed by atoms with Crippen molar-refractivity contribution in [2.75, 3.05) is 40.3 Å². The third kappa shape index (κ3) is 3.09. The second kappa shape index (κ2) is 3.73. The summed E-state index contributed by atoms with van der Waals surface area (Å²) in [7, 11) is 4.22. The van der Waals surface area contributed by atoms with Gasteiger partial charge in [-0.3, -0.25) is 0 Å². The van der Waals surface area contributed by atoms with E-state index in [4.69, 9.17) is 5.73 Å². The van der Waals surface area contributed by atoms with Crippen molar-refractivity contribution in [1.29, 1.82) is 0 Å². The Kier molecular flexibility index (Phi) is 3.09. The number of nitrogens with zero attached hydrogens (tertiary/aromatic N) is 2. The van der Waals surface area contributed by atoms with E-state index >= 15 is 0 Å². The van der Waals surface area contributed by atoms with E-state index in [1.54, 1.807) is 0 Å². The lowest BCUT2D eigenvalue weighted by atomic mass is 10.0. The van der Waals surface area contributed by atoms with E-state index in [1.807, 2.05) is 0 Å². The molecule has 0 bridgehead atoms.